The summed E-state index contributed by atoms with van der Waals surface area (Å²) in [6.45, 7) is 2.11. The number of hydrogen-bond acceptors (Lipinski definition) is 3. The Morgan fingerprint density at radius 2 is 1.89 bits per heavy atom. The summed E-state index contributed by atoms with van der Waals surface area (Å²) in [5.41, 5.74) is 1.35. The molecule has 0 saturated heterocycles. The number of halogens is 2. The molecule has 0 aliphatic carbocycles. The number of nitrogens with one attached hydrogen (secondary N) is 2. The lowest BCUT2D eigenvalue weighted by Crippen LogP contribution is -2.35. The van der Waals surface area contributed by atoms with Crippen LogP contribution in [0.3, 0.4) is 0 Å². The zero-order chi connectivity index (χ0) is 20.5. The standard InChI is InChI=1S/C21H24ClFN2O3/c1-14(3-4-15-5-8-17(28-2)9-6-15)25-20(26)11-12-24-21(27)18-10-7-16(23)13-19(18)22/h5-10,13-14H,3-4,11-12H2,1-2H3,(H,24,27)(H,25,26). The van der Waals surface area contributed by atoms with Gasteiger partial charge < -0.3 is 15.4 Å². The van der Waals surface area contributed by atoms with E-state index >= 15 is 0 Å². The van der Waals surface area contributed by atoms with E-state index in [1.165, 1.54) is 11.6 Å². The van der Waals surface area contributed by atoms with Crippen LogP contribution >= 0.6 is 11.6 Å². The quantitative estimate of drug-likeness (QED) is 0.666. The Labute approximate surface area is 169 Å². The Kier molecular flexibility index (Phi) is 8.26. The maximum absolute atomic E-state index is 13.0. The molecular formula is C21H24ClFN2O3. The SMILES string of the molecule is COc1ccc(CCC(C)NC(=O)CCNC(=O)c2ccc(F)cc2Cl)cc1. The van der Waals surface area contributed by atoms with Gasteiger partial charge in [-0.1, -0.05) is 23.7 Å². The topological polar surface area (TPSA) is 67.4 Å². The Bertz CT molecular complexity index is 812. The molecule has 0 saturated carbocycles. The fourth-order valence-electron chi connectivity index (χ4n) is 2.65. The zero-order valence-corrected chi connectivity index (χ0v) is 16.7. The molecule has 0 aromatic heterocycles. The molecule has 0 radical (unpaired) electrons. The fourth-order valence-corrected chi connectivity index (χ4v) is 2.91. The van der Waals surface area contributed by atoms with Crippen LogP contribution in [-0.4, -0.2) is 31.5 Å². The molecule has 2 rings (SSSR count). The summed E-state index contributed by atoms with van der Waals surface area (Å²) in [5.74, 6) is -0.281. The number of amides is 2. The number of benzene rings is 2. The van der Waals surface area contributed by atoms with E-state index in [2.05, 4.69) is 10.6 Å². The highest BCUT2D eigenvalue weighted by molar-refractivity contribution is 6.33. The van der Waals surface area contributed by atoms with E-state index in [-0.39, 0.29) is 35.5 Å². The molecule has 2 aromatic carbocycles. The number of carbonyl (C=O) groups is 2. The van der Waals surface area contributed by atoms with Gasteiger partial charge in [0, 0.05) is 19.0 Å². The highest BCUT2D eigenvalue weighted by Crippen LogP contribution is 2.17. The highest BCUT2D eigenvalue weighted by atomic mass is 35.5. The average molecular weight is 407 g/mol. The van der Waals surface area contributed by atoms with Crippen molar-refractivity contribution in [3.05, 3.63) is 64.4 Å². The van der Waals surface area contributed by atoms with Crippen LogP contribution in [0.15, 0.2) is 42.5 Å². The first kappa shape index (κ1) is 21.7. The van der Waals surface area contributed by atoms with E-state index < -0.39 is 11.7 Å². The minimum Gasteiger partial charge on any atom is -0.497 e. The molecule has 2 N–H and O–H groups in total. The van der Waals surface area contributed by atoms with Crippen LogP contribution in [0, 0.1) is 5.82 Å². The van der Waals surface area contributed by atoms with Gasteiger partial charge in [0.1, 0.15) is 11.6 Å². The molecule has 0 fully saturated rings. The minimum absolute atomic E-state index is 0.0110. The van der Waals surface area contributed by atoms with Crippen LogP contribution in [0.1, 0.15) is 35.7 Å². The van der Waals surface area contributed by atoms with Gasteiger partial charge in [-0.15, -0.1) is 0 Å². The first-order valence-corrected chi connectivity index (χ1v) is 9.42. The van der Waals surface area contributed by atoms with Crippen molar-refractivity contribution in [1.82, 2.24) is 10.6 Å². The van der Waals surface area contributed by atoms with Gasteiger partial charge in [-0.25, -0.2) is 4.39 Å². The van der Waals surface area contributed by atoms with Gasteiger partial charge in [0.2, 0.25) is 5.91 Å². The smallest absolute Gasteiger partial charge is 0.252 e. The number of aryl methyl sites for hydroxylation is 1. The molecule has 0 bridgehead atoms. The number of hydrogen-bond donors (Lipinski definition) is 2. The predicted octanol–water partition coefficient (Wildman–Crippen LogP) is 3.75. The first-order chi connectivity index (χ1) is 13.4. The Morgan fingerprint density at radius 1 is 1.18 bits per heavy atom. The molecule has 1 atom stereocenters. The van der Waals surface area contributed by atoms with Crippen molar-refractivity contribution in [2.45, 2.75) is 32.2 Å². The van der Waals surface area contributed by atoms with Crippen molar-refractivity contribution < 1.29 is 18.7 Å². The van der Waals surface area contributed by atoms with Gasteiger partial charge in [0.15, 0.2) is 0 Å². The molecule has 2 aromatic rings. The summed E-state index contributed by atoms with van der Waals surface area (Å²) in [4.78, 5) is 24.1. The average Bonchev–Trinajstić information content (AvgIpc) is 2.66. The number of ether oxygens (including phenoxy) is 1. The number of rotatable bonds is 9. The Balaban J connectivity index is 1.68. The summed E-state index contributed by atoms with van der Waals surface area (Å²) in [6, 6.07) is 11.4. The lowest BCUT2D eigenvalue weighted by atomic mass is 10.1. The molecule has 28 heavy (non-hydrogen) atoms. The molecule has 5 nitrogen and oxygen atoms in total. The summed E-state index contributed by atoms with van der Waals surface area (Å²) in [7, 11) is 1.63. The van der Waals surface area contributed by atoms with E-state index in [1.54, 1.807) is 7.11 Å². The van der Waals surface area contributed by atoms with Crippen LogP contribution in [-0.2, 0) is 11.2 Å². The van der Waals surface area contributed by atoms with Gasteiger partial charge in [0.05, 0.1) is 17.7 Å². The van der Waals surface area contributed by atoms with Crippen molar-refractivity contribution in [1.29, 1.82) is 0 Å². The molecule has 0 spiro atoms. The predicted molar refractivity (Wildman–Crippen MR) is 107 cm³/mol. The third kappa shape index (κ3) is 6.85. The second kappa shape index (κ2) is 10.7. The summed E-state index contributed by atoms with van der Waals surface area (Å²) in [6.07, 6.45) is 1.79. The van der Waals surface area contributed by atoms with E-state index in [1.807, 2.05) is 31.2 Å². The molecule has 150 valence electrons. The van der Waals surface area contributed by atoms with E-state index in [0.29, 0.717) is 0 Å². The van der Waals surface area contributed by atoms with Gasteiger partial charge >= 0.3 is 0 Å². The lowest BCUT2D eigenvalue weighted by Gasteiger charge is -2.14. The van der Waals surface area contributed by atoms with E-state index in [4.69, 9.17) is 16.3 Å². The highest BCUT2D eigenvalue weighted by Gasteiger charge is 2.12. The lowest BCUT2D eigenvalue weighted by molar-refractivity contribution is -0.121. The largest absolute Gasteiger partial charge is 0.497 e. The first-order valence-electron chi connectivity index (χ1n) is 9.04. The molecule has 7 heteroatoms. The van der Waals surface area contributed by atoms with Gasteiger partial charge in [0.25, 0.3) is 5.91 Å². The van der Waals surface area contributed by atoms with Crippen LogP contribution in [0.2, 0.25) is 5.02 Å². The monoisotopic (exact) mass is 406 g/mol. The molecule has 1 unspecified atom stereocenters. The Morgan fingerprint density at radius 3 is 2.54 bits per heavy atom. The summed E-state index contributed by atoms with van der Waals surface area (Å²) >= 11 is 5.85. The molecule has 0 aliphatic rings. The van der Waals surface area contributed by atoms with Gasteiger partial charge in [-0.05, 0) is 55.7 Å². The van der Waals surface area contributed by atoms with Crippen molar-refractivity contribution in [3.8, 4) is 5.75 Å². The third-order valence-corrected chi connectivity index (χ3v) is 4.56. The molecular weight excluding hydrogens is 383 g/mol. The van der Waals surface area contributed by atoms with Gasteiger partial charge in [-0.2, -0.15) is 0 Å². The van der Waals surface area contributed by atoms with Crippen LogP contribution in [0.25, 0.3) is 0 Å². The second-order valence-corrected chi connectivity index (χ2v) is 6.89. The summed E-state index contributed by atoms with van der Waals surface area (Å²) in [5, 5.41) is 5.56. The molecule has 0 heterocycles. The maximum Gasteiger partial charge on any atom is 0.252 e. The van der Waals surface area contributed by atoms with E-state index in [0.717, 1.165) is 30.7 Å². The summed E-state index contributed by atoms with van der Waals surface area (Å²) < 4.78 is 18.2. The van der Waals surface area contributed by atoms with Gasteiger partial charge in [-0.3, -0.25) is 9.59 Å². The number of carbonyl (C=O) groups excluding carboxylic acids is 2. The van der Waals surface area contributed by atoms with Crippen molar-refractivity contribution in [2.24, 2.45) is 0 Å². The van der Waals surface area contributed by atoms with E-state index in [9.17, 15) is 14.0 Å². The third-order valence-electron chi connectivity index (χ3n) is 4.25. The maximum atomic E-state index is 13.0. The van der Waals surface area contributed by atoms with Crippen LogP contribution in [0.4, 0.5) is 4.39 Å². The van der Waals surface area contributed by atoms with Crippen LogP contribution < -0.4 is 15.4 Å². The fraction of sp³-hybridized carbons (Fsp3) is 0.333. The normalized spacial score (nSPS) is 11.6. The van der Waals surface area contributed by atoms with Crippen molar-refractivity contribution in [2.75, 3.05) is 13.7 Å². The zero-order valence-electron chi connectivity index (χ0n) is 15.9. The Hall–Kier alpha value is -2.60. The van der Waals surface area contributed by atoms with Crippen LogP contribution in [0.5, 0.6) is 5.75 Å². The molecule has 2 amide bonds. The second-order valence-electron chi connectivity index (χ2n) is 6.49. The minimum atomic E-state index is -0.510. The number of methoxy groups -OCH3 is 1. The molecule has 0 aliphatic heterocycles. The van der Waals surface area contributed by atoms with Crippen molar-refractivity contribution >= 4 is 23.4 Å². The van der Waals surface area contributed by atoms with Crippen molar-refractivity contribution in [3.63, 3.8) is 0 Å².